The van der Waals surface area contributed by atoms with E-state index in [-0.39, 0.29) is 23.5 Å². The maximum Gasteiger partial charge on any atom is 0.306 e. The quantitative estimate of drug-likeness (QED) is 0.139. The summed E-state index contributed by atoms with van der Waals surface area (Å²) in [5.41, 5.74) is 5.36. The second-order valence-corrected chi connectivity index (χ2v) is 13.6. The average Bonchev–Trinajstić information content (AvgIpc) is 3.45. The molecule has 3 aromatic heterocycles. The molecule has 14 heteroatoms. The number of carboxylic acid groups (broad SMARTS) is 1. The third-order valence-corrected chi connectivity index (χ3v) is 10.4. The van der Waals surface area contributed by atoms with Gasteiger partial charge in [-0.1, -0.05) is 41.4 Å². The lowest BCUT2D eigenvalue weighted by Crippen LogP contribution is -2.36. The Kier molecular flexibility index (Phi) is 11.3. The van der Waals surface area contributed by atoms with Crippen LogP contribution in [0.2, 0.25) is 10.0 Å². The predicted molar refractivity (Wildman–Crippen MR) is 191 cm³/mol. The zero-order valence-corrected chi connectivity index (χ0v) is 29.6. The molecule has 1 saturated carbocycles. The number of aromatic nitrogens is 4. The van der Waals surface area contributed by atoms with Crippen LogP contribution in [0.25, 0.3) is 22.5 Å². The summed E-state index contributed by atoms with van der Waals surface area (Å²) in [4.78, 5) is 41.3. The molecule has 1 aliphatic carbocycles. The van der Waals surface area contributed by atoms with Gasteiger partial charge >= 0.3 is 5.97 Å². The number of pyridine rings is 2. The van der Waals surface area contributed by atoms with Gasteiger partial charge in [-0.05, 0) is 49.8 Å². The highest BCUT2D eigenvalue weighted by Gasteiger charge is 2.30. The van der Waals surface area contributed by atoms with Crippen LogP contribution >= 0.6 is 23.2 Å². The molecule has 2 aliphatic rings. The van der Waals surface area contributed by atoms with Crippen molar-refractivity contribution in [2.24, 2.45) is 18.9 Å². The van der Waals surface area contributed by atoms with Crippen molar-refractivity contribution >= 4 is 40.8 Å². The van der Waals surface area contributed by atoms with E-state index in [1.165, 1.54) is 0 Å². The molecule has 0 saturated heterocycles. The standard InChI is InChI=1S/C36H41Cl2N7O5/c1-44-29-13-16-45(19-21-6-8-22(9-7-21)36(48)49)20-28(29)41-33(44)34(47)42-27-5-3-4-25(30(27)37)32-31(38)24(12-14-40-32)26-11-10-23(18-39-15-17-46)35(43-26)50-2/h3-5,10-12,14,21-22,39,46H,6-9,13,15-20H2,1-2H3,(H,42,47)(H,48,49). The fourth-order valence-corrected chi connectivity index (χ4v) is 7.52. The molecule has 0 spiro atoms. The summed E-state index contributed by atoms with van der Waals surface area (Å²) in [6.45, 7) is 3.38. The number of methoxy groups -OCH3 is 1. The number of ether oxygens (including phenoxy) is 1. The summed E-state index contributed by atoms with van der Waals surface area (Å²) in [6.07, 6.45) is 5.71. The van der Waals surface area contributed by atoms with Gasteiger partial charge in [0.1, 0.15) is 0 Å². The molecule has 1 amide bonds. The van der Waals surface area contributed by atoms with Crippen LogP contribution in [-0.4, -0.2) is 79.9 Å². The van der Waals surface area contributed by atoms with Crippen molar-refractivity contribution < 1.29 is 24.5 Å². The first-order chi connectivity index (χ1) is 24.2. The van der Waals surface area contributed by atoms with E-state index in [1.807, 2.05) is 23.7 Å². The number of anilines is 1. The molecule has 0 bridgehead atoms. The number of hydrogen-bond acceptors (Lipinski definition) is 9. The van der Waals surface area contributed by atoms with Crippen LogP contribution in [0.4, 0.5) is 5.69 Å². The van der Waals surface area contributed by atoms with Crippen LogP contribution in [0, 0.1) is 11.8 Å². The molecule has 4 heterocycles. The molecule has 1 aromatic carbocycles. The fourth-order valence-electron chi connectivity index (χ4n) is 6.95. The molecule has 0 atom stereocenters. The molecule has 4 N–H and O–H groups in total. The van der Waals surface area contributed by atoms with E-state index in [4.69, 9.17) is 38.0 Å². The monoisotopic (exact) mass is 721 g/mol. The van der Waals surface area contributed by atoms with Crippen molar-refractivity contribution in [1.29, 1.82) is 0 Å². The number of halogens is 2. The number of rotatable bonds is 12. The number of carbonyl (C=O) groups excluding carboxylic acids is 1. The van der Waals surface area contributed by atoms with Gasteiger partial charge in [0.05, 0.1) is 52.4 Å². The zero-order valence-electron chi connectivity index (χ0n) is 28.1. The van der Waals surface area contributed by atoms with Gasteiger partial charge in [-0.25, -0.2) is 9.97 Å². The minimum absolute atomic E-state index is 0.0296. The van der Waals surface area contributed by atoms with Crippen LogP contribution in [0.1, 0.15) is 53.3 Å². The first-order valence-corrected chi connectivity index (χ1v) is 17.5. The number of nitrogens with one attached hydrogen (secondary N) is 2. The highest BCUT2D eigenvalue weighted by Crippen LogP contribution is 2.40. The van der Waals surface area contributed by atoms with Gasteiger partial charge in [-0.3, -0.25) is 19.5 Å². The number of amides is 1. The maximum atomic E-state index is 13.6. The molecule has 50 heavy (non-hydrogen) atoms. The molecule has 4 aromatic rings. The lowest BCUT2D eigenvalue weighted by molar-refractivity contribution is -0.143. The van der Waals surface area contributed by atoms with Crippen molar-refractivity contribution in [3.05, 3.63) is 75.4 Å². The van der Waals surface area contributed by atoms with Gasteiger partial charge in [0.15, 0.2) is 5.82 Å². The summed E-state index contributed by atoms with van der Waals surface area (Å²) in [7, 11) is 3.41. The molecule has 0 unspecified atom stereocenters. The third-order valence-electron chi connectivity index (χ3n) is 9.65. The van der Waals surface area contributed by atoms with Crippen molar-refractivity contribution in [2.45, 2.75) is 45.2 Å². The van der Waals surface area contributed by atoms with Gasteiger partial charge in [-0.15, -0.1) is 0 Å². The van der Waals surface area contributed by atoms with Crippen LogP contribution in [0.15, 0.2) is 42.6 Å². The first kappa shape index (κ1) is 35.7. The van der Waals surface area contributed by atoms with Crippen LogP contribution in [0.3, 0.4) is 0 Å². The van der Waals surface area contributed by atoms with Crippen molar-refractivity contribution in [1.82, 2.24) is 29.7 Å². The number of aliphatic hydroxyl groups excluding tert-OH is 1. The number of carboxylic acids is 1. The van der Waals surface area contributed by atoms with Crippen LogP contribution in [0.5, 0.6) is 5.88 Å². The molecule has 0 radical (unpaired) electrons. The number of aliphatic hydroxyl groups is 1. The summed E-state index contributed by atoms with van der Waals surface area (Å²) in [5, 5.41) is 25.1. The van der Waals surface area contributed by atoms with Crippen molar-refractivity contribution in [3.63, 3.8) is 0 Å². The summed E-state index contributed by atoms with van der Waals surface area (Å²) >= 11 is 13.9. The Balaban J connectivity index is 1.17. The van der Waals surface area contributed by atoms with E-state index in [0.29, 0.717) is 70.5 Å². The highest BCUT2D eigenvalue weighted by atomic mass is 35.5. The number of fused-ring (bicyclic) bond motifs is 1. The Labute approximate surface area is 300 Å². The van der Waals surface area contributed by atoms with Gasteiger partial charge < -0.3 is 30.2 Å². The Morgan fingerprint density at radius 3 is 2.58 bits per heavy atom. The second-order valence-electron chi connectivity index (χ2n) is 12.8. The molecule has 12 nitrogen and oxygen atoms in total. The minimum Gasteiger partial charge on any atom is -0.481 e. The predicted octanol–water partition coefficient (Wildman–Crippen LogP) is 5.44. The molecular weight excluding hydrogens is 681 g/mol. The van der Waals surface area contributed by atoms with Crippen LogP contribution < -0.4 is 15.4 Å². The van der Waals surface area contributed by atoms with E-state index in [2.05, 4.69) is 25.5 Å². The van der Waals surface area contributed by atoms with Gasteiger partial charge in [-0.2, -0.15) is 0 Å². The lowest BCUT2D eigenvalue weighted by atomic mass is 9.81. The summed E-state index contributed by atoms with van der Waals surface area (Å²) in [5.74, 6) is -0.0733. The highest BCUT2D eigenvalue weighted by molar-refractivity contribution is 6.39. The molecular formula is C36H41Cl2N7O5. The van der Waals surface area contributed by atoms with E-state index in [9.17, 15) is 14.7 Å². The second kappa shape index (κ2) is 15.9. The Morgan fingerprint density at radius 2 is 1.84 bits per heavy atom. The minimum atomic E-state index is -0.686. The molecule has 1 fully saturated rings. The zero-order chi connectivity index (χ0) is 35.4. The SMILES string of the molecule is COc1nc(-c2ccnc(-c3cccc(NC(=O)c4nc5c(n4C)CCN(CC4CCC(C(=O)O)CC4)C5)c3Cl)c2Cl)ccc1CNCCO. The Bertz CT molecular complexity index is 1880. The lowest BCUT2D eigenvalue weighted by Gasteiger charge is -2.33. The van der Waals surface area contributed by atoms with Gasteiger partial charge in [0.25, 0.3) is 5.91 Å². The van der Waals surface area contributed by atoms with E-state index in [1.54, 1.807) is 37.6 Å². The Hall–Kier alpha value is -4.07. The van der Waals surface area contributed by atoms with Crippen molar-refractivity contribution in [2.75, 3.05) is 38.7 Å². The number of hydrogen-bond donors (Lipinski definition) is 4. The fraction of sp³-hybridized carbons (Fsp3) is 0.417. The van der Waals surface area contributed by atoms with Crippen LogP contribution in [-0.2, 0) is 31.4 Å². The summed E-state index contributed by atoms with van der Waals surface area (Å²) < 4.78 is 7.38. The average molecular weight is 723 g/mol. The summed E-state index contributed by atoms with van der Waals surface area (Å²) in [6, 6.07) is 10.8. The number of aliphatic carboxylic acids is 1. The van der Waals surface area contributed by atoms with E-state index < -0.39 is 5.97 Å². The van der Waals surface area contributed by atoms with E-state index >= 15 is 0 Å². The maximum absolute atomic E-state index is 13.6. The van der Waals surface area contributed by atoms with Crippen molar-refractivity contribution in [3.8, 4) is 28.4 Å². The van der Waals surface area contributed by atoms with Gasteiger partial charge in [0.2, 0.25) is 5.88 Å². The topological polar surface area (TPSA) is 155 Å². The van der Waals surface area contributed by atoms with E-state index in [0.717, 1.165) is 62.1 Å². The number of carbonyl (C=O) groups is 2. The Morgan fingerprint density at radius 1 is 1.04 bits per heavy atom. The molecule has 6 rings (SSSR count). The normalized spacial score (nSPS) is 17.7. The molecule has 264 valence electrons. The smallest absolute Gasteiger partial charge is 0.306 e. The molecule has 1 aliphatic heterocycles. The number of imidazole rings is 1. The largest absolute Gasteiger partial charge is 0.481 e. The first-order valence-electron chi connectivity index (χ1n) is 16.8. The number of nitrogens with zero attached hydrogens (tertiary/aromatic N) is 5. The third kappa shape index (κ3) is 7.64. The van der Waals surface area contributed by atoms with Gasteiger partial charge in [0, 0.05) is 74.8 Å². The number of benzene rings is 1.